The third-order valence-electron chi connectivity index (χ3n) is 4.70. The molecular formula is C20H21Cl3N2O. The first kappa shape index (κ1) is 19.5. The van der Waals surface area contributed by atoms with Crippen molar-refractivity contribution in [1.29, 1.82) is 0 Å². The molecule has 0 aromatic heterocycles. The van der Waals surface area contributed by atoms with Crippen LogP contribution in [0.15, 0.2) is 42.5 Å². The van der Waals surface area contributed by atoms with Crippen molar-refractivity contribution in [3.05, 3.63) is 68.7 Å². The van der Waals surface area contributed by atoms with Gasteiger partial charge >= 0.3 is 0 Å². The summed E-state index contributed by atoms with van der Waals surface area (Å²) < 4.78 is 0. The predicted octanol–water partition coefficient (Wildman–Crippen LogP) is 5.18. The maximum absolute atomic E-state index is 12.6. The van der Waals surface area contributed by atoms with Gasteiger partial charge in [0, 0.05) is 34.7 Å². The molecule has 1 saturated heterocycles. The average Bonchev–Trinajstić information content (AvgIpc) is 2.63. The van der Waals surface area contributed by atoms with Crippen molar-refractivity contribution in [2.24, 2.45) is 5.92 Å². The zero-order chi connectivity index (χ0) is 18.5. The van der Waals surface area contributed by atoms with Crippen LogP contribution in [0.1, 0.15) is 24.0 Å². The van der Waals surface area contributed by atoms with Gasteiger partial charge in [-0.3, -0.25) is 9.69 Å². The number of benzene rings is 2. The highest BCUT2D eigenvalue weighted by atomic mass is 35.5. The molecule has 0 bridgehead atoms. The Morgan fingerprint density at radius 3 is 2.65 bits per heavy atom. The number of hydrogen-bond donors (Lipinski definition) is 1. The molecule has 1 aliphatic heterocycles. The van der Waals surface area contributed by atoms with Gasteiger partial charge < -0.3 is 5.32 Å². The van der Waals surface area contributed by atoms with Crippen LogP contribution in [0.2, 0.25) is 15.1 Å². The second-order valence-electron chi connectivity index (χ2n) is 6.62. The van der Waals surface area contributed by atoms with Crippen molar-refractivity contribution in [2.45, 2.75) is 25.9 Å². The highest BCUT2D eigenvalue weighted by Gasteiger charge is 2.26. The Hall–Kier alpha value is -1.26. The lowest BCUT2D eigenvalue weighted by atomic mass is 9.96. The number of amides is 1. The number of rotatable bonds is 5. The molecular weight excluding hydrogens is 391 g/mol. The maximum Gasteiger partial charge on any atom is 0.224 e. The van der Waals surface area contributed by atoms with E-state index in [9.17, 15) is 4.79 Å². The second kappa shape index (κ2) is 9.09. The van der Waals surface area contributed by atoms with Crippen LogP contribution in [0, 0.1) is 5.92 Å². The lowest BCUT2D eigenvalue weighted by Crippen LogP contribution is -2.42. The summed E-state index contributed by atoms with van der Waals surface area (Å²) in [6.07, 6.45) is 1.91. The molecule has 6 heteroatoms. The Kier molecular flexibility index (Phi) is 6.82. The van der Waals surface area contributed by atoms with Gasteiger partial charge in [0.1, 0.15) is 0 Å². The molecule has 1 atom stereocenters. The summed E-state index contributed by atoms with van der Waals surface area (Å²) in [5, 5.41) is 4.94. The zero-order valence-electron chi connectivity index (χ0n) is 14.4. The van der Waals surface area contributed by atoms with Crippen LogP contribution in [0.25, 0.3) is 0 Å². The Bertz CT molecular complexity index is 781. The number of nitrogens with one attached hydrogen (secondary N) is 1. The number of carbonyl (C=O) groups excluding carboxylic acids is 1. The van der Waals surface area contributed by atoms with E-state index in [1.807, 2.05) is 30.3 Å². The van der Waals surface area contributed by atoms with E-state index in [0.717, 1.165) is 48.6 Å². The van der Waals surface area contributed by atoms with Gasteiger partial charge in [0.15, 0.2) is 0 Å². The fraction of sp³-hybridized carbons (Fsp3) is 0.350. The summed E-state index contributed by atoms with van der Waals surface area (Å²) in [5.74, 6) is 0.0530. The standard InChI is InChI=1S/C20H21Cl3N2O/c21-17-8-7-14(19(23)10-17)11-24-20(26)16-5-3-9-25(13-16)12-15-4-1-2-6-18(15)22/h1-2,4,6-8,10,16H,3,5,9,11-13H2,(H,24,26)/t16-/m0/s1. The molecule has 138 valence electrons. The van der Waals surface area contributed by atoms with E-state index < -0.39 is 0 Å². The van der Waals surface area contributed by atoms with Crippen molar-refractivity contribution < 1.29 is 4.79 Å². The van der Waals surface area contributed by atoms with Crippen LogP contribution in [0.4, 0.5) is 0 Å². The van der Waals surface area contributed by atoms with Gasteiger partial charge in [-0.25, -0.2) is 0 Å². The Morgan fingerprint density at radius 1 is 1.08 bits per heavy atom. The van der Waals surface area contributed by atoms with Crippen LogP contribution >= 0.6 is 34.8 Å². The summed E-state index contributed by atoms with van der Waals surface area (Å²) in [5.41, 5.74) is 1.97. The minimum Gasteiger partial charge on any atom is -0.352 e. The van der Waals surface area contributed by atoms with Gasteiger partial charge in [-0.1, -0.05) is 59.1 Å². The van der Waals surface area contributed by atoms with Crippen LogP contribution in [-0.2, 0) is 17.9 Å². The van der Waals surface area contributed by atoms with E-state index >= 15 is 0 Å². The number of nitrogens with zero attached hydrogens (tertiary/aromatic N) is 1. The van der Waals surface area contributed by atoms with Gasteiger partial charge in [0.25, 0.3) is 0 Å². The molecule has 2 aromatic carbocycles. The number of piperidine rings is 1. The van der Waals surface area contributed by atoms with Gasteiger partial charge in [-0.15, -0.1) is 0 Å². The highest BCUT2D eigenvalue weighted by Crippen LogP contribution is 2.23. The van der Waals surface area contributed by atoms with Crippen molar-refractivity contribution in [1.82, 2.24) is 10.2 Å². The highest BCUT2D eigenvalue weighted by molar-refractivity contribution is 6.35. The van der Waals surface area contributed by atoms with E-state index in [2.05, 4.69) is 10.2 Å². The molecule has 0 unspecified atom stereocenters. The van der Waals surface area contributed by atoms with Crippen molar-refractivity contribution >= 4 is 40.7 Å². The van der Waals surface area contributed by atoms with E-state index in [0.29, 0.717) is 16.6 Å². The van der Waals surface area contributed by atoms with E-state index in [1.54, 1.807) is 12.1 Å². The molecule has 1 N–H and O–H groups in total. The summed E-state index contributed by atoms with van der Waals surface area (Å²) in [4.78, 5) is 14.9. The molecule has 2 aromatic rings. The molecule has 0 aliphatic carbocycles. The van der Waals surface area contributed by atoms with Crippen LogP contribution in [-0.4, -0.2) is 23.9 Å². The molecule has 1 heterocycles. The lowest BCUT2D eigenvalue weighted by molar-refractivity contribution is -0.126. The average molecular weight is 412 g/mol. The van der Waals surface area contributed by atoms with Gasteiger partial charge in [0.2, 0.25) is 5.91 Å². The van der Waals surface area contributed by atoms with E-state index in [-0.39, 0.29) is 11.8 Å². The number of halogens is 3. The first-order valence-electron chi connectivity index (χ1n) is 8.70. The summed E-state index contributed by atoms with van der Waals surface area (Å²) in [7, 11) is 0. The van der Waals surface area contributed by atoms with E-state index in [4.69, 9.17) is 34.8 Å². The van der Waals surface area contributed by atoms with Gasteiger partial charge in [-0.05, 0) is 48.7 Å². The molecule has 0 spiro atoms. The maximum atomic E-state index is 12.6. The fourth-order valence-corrected chi connectivity index (χ4v) is 3.94. The predicted molar refractivity (Wildman–Crippen MR) is 108 cm³/mol. The number of carbonyl (C=O) groups is 1. The lowest BCUT2D eigenvalue weighted by Gasteiger charge is -2.32. The fourth-order valence-electron chi connectivity index (χ4n) is 3.27. The molecule has 1 aliphatic rings. The second-order valence-corrected chi connectivity index (χ2v) is 7.87. The number of likely N-dealkylation sites (tertiary alicyclic amines) is 1. The largest absolute Gasteiger partial charge is 0.352 e. The number of hydrogen-bond acceptors (Lipinski definition) is 2. The molecule has 3 rings (SSSR count). The van der Waals surface area contributed by atoms with Crippen molar-refractivity contribution in [2.75, 3.05) is 13.1 Å². The Labute approximate surface area is 169 Å². The van der Waals surface area contributed by atoms with Crippen LogP contribution < -0.4 is 5.32 Å². The van der Waals surface area contributed by atoms with Crippen LogP contribution in [0.3, 0.4) is 0 Å². The monoisotopic (exact) mass is 410 g/mol. The minimum atomic E-state index is -0.0164. The van der Waals surface area contributed by atoms with E-state index in [1.165, 1.54) is 0 Å². The first-order chi connectivity index (χ1) is 12.5. The third-order valence-corrected chi connectivity index (χ3v) is 5.65. The first-order valence-corrected chi connectivity index (χ1v) is 9.83. The molecule has 1 amide bonds. The molecule has 0 saturated carbocycles. The Balaban J connectivity index is 1.55. The normalized spacial score (nSPS) is 17.9. The summed E-state index contributed by atoms with van der Waals surface area (Å²) in [6.45, 7) is 2.91. The third kappa shape index (κ3) is 5.14. The smallest absolute Gasteiger partial charge is 0.224 e. The molecule has 3 nitrogen and oxygen atoms in total. The van der Waals surface area contributed by atoms with Gasteiger partial charge in [0.05, 0.1) is 5.92 Å². The summed E-state index contributed by atoms with van der Waals surface area (Å²) >= 11 is 18.3. The quantitative estimate of drug-likeness (QED) is 0.735. The van der Waals surface area contributed by atoms with Crippen molar-refractivity contribution in [3.63, 3.8) is 0 Å². The zero-order valence-corrected chi connectivity index (χ0v) is 16.6. The summed E-state index contributed by atoms with van der Waals surface area (Å²) in [6, 6.07) is 13.2. The van der Waals surface area contributed by atoms with Crippen molar-refractivity contribution in [3.8, 4) is 0 Å². The van der Waals surface area contributed by atoms with Crippen LogP contribution in [0.5, 0.6) is 0 Å². The molecule has 0 radical (unpaired) electrons. The minimum absolute atomic E-state index is 0.0164. The van der Waals surface area contributed by atoms with Gasteiger partial charge in [-0.2, -0.15) is 0 Å². The topological polar surface area (TPSA) is 32.3 Å². The SMILES string of the molecule is O=C(NCc1ccc(Cl)cc1Cl)[C@H]1CCCN(Cc2ccccc2Cl)C1. The molecule has 26 heavy (non-hydrogen) atoms. The molecule has 1 fully saturated rings. The Morgan fingerprint density at radius 2 is 1.88 bits per heavy atom.